The third-order valence-corrected chi connectivity index (χ3v) is 5.33. The van der Waals surface area contributed by atoms with Crippen LogP contribution in [0.1, 0.15) is 43.0 Å². The number of fused-ring (bicyclic) bond motifs is 1. The Bertz CT molecular complexity index is 870. The Kier molecular flexibility index (Phi) is 7.39. The highest BCUT2D eigenvalue weighted by Crippen LogP contribution is 2.33. The maximum absolute atomic E-state index is 13.5. The highest BCUT2D eigenvalue weighted by atomic mass is 19.1. The third kappa shape index (κ3) is 5.77. The van der Waals surface area contributed by atoms with Crippen LogP contribution in [-0.2, 0) is 17.6 Å². The van der Waals surface area contributed by atoms with Gasteiger partial charge >= 0.3 is 0 Å². The van der Waals surface area contributed by atoms with Gasteiger partial charge in [0.05, 0.1) is 18.8 Å². The van der Waals surface area contributed by atoms with E-state index >= 15 is 0 Å². The summed E-state index contributed by atoms with van der Waals surface area (Å²) < 4.78 is 32.8. The van der Waals surface area contributed by atoms with E-state index in [1.165, 1.54) is 24.6 Å². The summed E-state index contributed by atoms with van der Waals surface area (Å²) in [6.45, 7) is 4.22. The maximum atomic E-state index is 13.5. The third-order valence-electron chi connectivity index (χ3n) is 5.33. The molecule has 3 N–H and O–H groups in total. The molecular formula is C23H28F2N2O3. The first-order valence-electron chi connectivity index (χ1n) is 10.2. The van der Waals surface area contributed by atoms with Crippen LogP contribution in [0.2, 0.25) is 0 Å². The Morgan fingerprint density at radius 2 is 1.93 bits per heavy atom. The second-order valence-electron chi connectivity index (χ2n) is 7.68. The van der Waals surface area contributed by atoms with Gasteiger partial charge in [0.15, 0.2) is 0 Å². The highest BCUT2D eigenvalue weighted by molar-refractivity contribution is 5.73. The van der Waals surface area contributed by atoms with Crippen LogP contribution in [-0.4, -0.2) is 36.3 Å². The smallest absolute Gasteiger partial charge is 0.217 e. The Morgan fingerprint density at radius 3 is 2.60 bits per heavy atom. The van der Waals surface area contributed by atoms with Gasteiger partial charge in [-0.05, 0) is 42.2 Å². The predicted molar refractivity (Wildman–Crippen MR) is 110 cm³/mol. The number of aliphatic hydroxyl groups excluding tert-OH is 1. The van der Waals surface area contributed by atoms with E-state index in [0.29, 0.717) is 12.2 Å². The second kappa shape index (κ2) is 10.00. The lowest BCUT2D eigenvalue weighted by atomic mass is 9.96. The molecule has 0 spiro atoms. The van der Waals surface area contributed by atoms with E-state index in [-0.39, 0.29) is 24.9 Å². The van der Waals surface area contributed by atoms with Crippen molar-refractivity contribution in [3.05, 3.63) is 64.7 Å². The molecule has 0 aromatic heterocycles. The van der Waals surface area contributed by atoms with Crippen molar-refractivity contribution >= 4 is 5.91 Å². The van der Waals surface area contributed by atoms with E-state index in [0.717, 1.165) is 30.2 Å². The van der Waals surface area contributed by atoms with Crippen LogP contribution < -0.4 is 15.4 Å². The molecular weight excluding hydrogens is 390 g/mol. The highest BCUT2D eigenvalue weighted by Gasteiger charge is 2.25. The molecule has 1 heterocycles. The first-order chi connectivity index (χ1) is 14.4. The molecule has 0 saturated carbocycles. The Hall–Kier alpha value is -2.51. The van der Waals surface area contributed by atoms with Crippen LogP contribution in [0.5, 0.6) is 5.75 Å². The van der Waals surface area contributed by atoms with E-state index in [1.54, 1.807) is 0 Å². The maximum Gasteiger partial charge on any atom is 0.217 e. The topological polar surface area (TPSA) is 70.6 Å². The van der Waals surface area contributed by atoms with Crippen molar-refractivity contribution in [3.8, 4) is 5.75 Å². The molecule has 7 heteroatoms. The molecule has 2 aromatic rings. The number of carbonyl (C=O) groups excluding carboxylic acids is 1. The normalized spacial score (nSPS) is 17.6. The molecule has 0 aliphatic carbocycles. The van der Waals surface area contributed by atoms with Gasteiger partial charge in [0, 0.05) is 37.6 Å². The molecule has 0 fully saturated rings. The Balaban J connectivity index is 1.69. The van der Waals surface area contributed by atoms with Crippen LogP contribution >= 0.6 is 0 Å². The molecule has 1 aliphatic rings. The van der Waals surface area contributed by atoms with Crippen molar-refractivity contribution < 1.29 is 23.4 Å². The molecule has 3 rings (SSSR count). The number of ether oxygens (including phenoxy) is 1. The number of hydrogen-bond donors (Lipinski definition) is 3. The van der Waals surface area contributed by atoms with E-state index in [1.807, 2.05) is 12.1 Å². The average Bonchev–Trinajstić information content (AvgIpc) is 2.70. The van der Waals surface area contributed by atoms with Gasteiger partial charge in [0.2, 0.25) is 5.91 Å². The predicted octanol–water partition coefficient (Wildman–Crippen LogP) is 3.05. The number of benzene rings is 2. The van der Waals surface area contributed by atoms with Crippen molar-refractivity contribution in [2.24, 2.45) is 0 Å². The molecule has 30 heavy (non-hydrogen) atoms. The summed E-state index contributed by atoms with van der Waals surface area (Å²) in [5.41, 5.74) is 2.63. The Labute approximate surface area is 175 Å². The first kappa shape index (κ1) is 22.2. The number of rotatable bonds is 8. The van der Waals surface area contributed by atoms with Crippen LogP contribution in [0.15, 0.2) is 36.4 Å². The van der Waals surface area contributed by atoms with Crippen LogP contribution in [0, 0.1) is 11.6 Å². The van der Waals surface area contributed by atoms with Crippen LogP contribution in [0.4, 0.5) is 8.78 Å². The van der Waals surface area contributed by atoms with Gasteiger partial charge in [-0.15, -0.1) is 0 Å². The summed E-state index contributed by atoms with van der Waals surface area (Å²) >= 11 is 0. The number of nitrogens with one attached hydrogen (secondary N) is 2. The summed E-state index contributed by atoms with van der Waals surface area (Å²) in [5, 5.41) is 16.8. The fraction of sp³-hybridized carbons (Fsp3) is 0.435. The van der Waals surface area contributed by atoms with Gasteiger partial charge in [-0.2, -0.15) is 0 Å². The minimum Gasteiger partial charge on any atom is -0.493 e. The van der Waals surface area contributed by atoms with Crippen molar-refractivity contribution in [2.75, 3.05) is 13.2 Å². The molecule has 5 nitrogen and oxygen atoms in total. The van der Waals surface area contributed by atoms with E-state index in [4.69, 9.17) is 4.74 Å². The van der Waals surface area contributed by atoms with Gasteiger partial charge in [-0.1, -0.05) is 19.1 Å². The molecule has 162 valence electrons. The summed E-state index contributed by atoms with van der Waals surface area (Å²) in [6, 6.07) is 8.66. The summed E-state index contributed by atoms with van der Waals surface area (Å²) in [5.74, 6) is -0.867. The van der Waals surface area contributed by atoms with Gasteiger partial charge < -0.3 is 20.5 Å². The minimum atomic E-state index is -0.944. The first-order valence-corrected chi connectivity index (χ1v) is 10.2. The zero-order chi connectivity index (χ0) is 21.7. The van der Waals surface area contributed by atoms with Crippen molar-refractivity contribution in [2.45, 2.75) is 51.3 Å². The van der Waals surface area contributed by atoms with Crippen molar-refractivity contribution in [1.29, 1.82) is 0 Å². The van der Waals surface area contributed by atoms with E-state index in [9.17, 15) is 18.7 Å². The van der Waals surface area contributed by atoms with E-state index in [2.05, 4.69) is 23.6 Å². The van der Waals surface area contributed by atoms with Gasteiger partial charge in [-0.3, -0.25) is 4.79 Å². The zero-order valence-electron chi connectivity index (χ0n) is 17.3. The number of amides is 1. The fourth-order valence-electron chi connectivity index (χ4n) is 3.81. The zero-order valence-corrected chi connectivity index (χ0v) is 17.3. The Morgan fingerprint density at radius 1 is 1.20 bits per heavy atom. The van der Waals surface area contributed by atoms with Crippen molar-refractivity contribution in [1.82, 2.24) is 10.6 Å². The largest absolute Gasteiger partial charge is 0.493 e. The molecule has 3 atom stereocenters. The van der Waals surface area contributed by atoms with Crippen molar-refractivity contribution in [3.63, 3.8) is 0 Å². The molecule has 0 unspecified atom stereocenters. The average molecular weight is 418 g/mol. The minimum absolute atomic E-state index is 0.0134. The summed E-state index contributed by atoms with van der Waals surface area (Å²) in [7, 11) is 0. The number of carbonyl (C=O) groups is 1. The number of aliphatic hydroxyl groups is 1. The quantitative estimate of drug-likeness (QED) is 0.616. The molecule has 0 bridgehead atoms. The lowest BCUT2D eigenvalue weighted by Gasteiger charge is -2.30. The SMILES string of the molecule is CCc1ccc2c(c1)[C@H](NC[C@@H](O)[C@H](Cc1cc(F)cc(F)c1)NC(C)=O)CCO2. The lowest BCUT2D eigenvalue weighted by Crippen LogP contribution is -2.48. The standard InChI is InChI=1S/C23H28F2N2O3/c1-3-15-4-5-23-19(10-15)20(6-7-30-23)26-13-22(29)21(27-14(2)28)11-16-8-17(24)12-18(25)9-16/h4-5,8-10,12,20-22,26,29H,3,6-7,11,13H2,1-2H3,(H,27,28)/t20-,21+,22-/m1/s1. The summed E-state index contributed by atoms with van der Waals surface area (Å²) in [6.07, 6.45) is 0.840. The number of aryl methyl sites for hydroxylation is 1. The number of halogens is 2. The fourth-order valence-corrected chi connectivity index (χ4v) is 3.81. The second-order valence-corrected chi connectivity index (χ2v) is 7.68. The molecule has 2 aromatic carbocycles. The summed E-state index contributed by atoms with van der Waals surface area (Å²) in [4.78, 5) is 11.6. The molecule has 1 amide bonds. The van der Waals surface area contributed by atoms with Gasteiger partial charge in [-0.25, -0.2) is 8.78 Å². The van der Waals surface area contributed by atoms with E-state index < -0.39 is 23.8 Å². The molecule has 1 aliphatic heterocycles. The molecule has 0 saturated heterocycles. The monoisotopic (exact) mass is 418 g/mol. The van der Waals surface area contributed by atoms with Crippen LogP contribution in [0.25, 0.3) is 0 Å². The van der Waals surface area contributed by atoms with Gasteiger partial charge in [0.1, 0.15) is 17.4 Å². The number of hydrogen-bond acceptors (Lipinski definition) is 4. The van der Waals surface area contributed by atoms with Crippen LogP contribution in [0.3, 0.4) is 0 Å². The van der Waals surface area contributed by atoms with Gasteiger partial charge in [0.25, 0.3) is 0 Å². The lowest BCUT2D eigenvalue weighted by molar-refractivity contribution is -0.120. The molecule has 0 radical (unpaired) electrons.